The normalized spacial score (nSPS) is 12.9. The summed E-state index contributed by atoms with van der Waals surface area (Å²) in [6, 6.07) is 17.8. The maximum absolute atomic E-state index is 13.1. The van der Waals surface area contributed by atoms with Crippen LogP contribution >= 0.6 is 12.2 Å². The number of ether oxygens (including phenoxy) is 1. The molecule has 0 spiro atoms. The van der Waals surface area contributed by atoms with E-state index >= 15 is 0 Å². The molecule has 0 saturated carbocycles. The summed E-state index contributed by atoms with van der Waals surface area (Å²) < 4.78 is 5.22. The van der Waals surface area contributed by atoms with Gasteiger partial charge in [-0.15, -0.1) is 0 Å². The third-order valence-corrected chi connectivity index (χ3v) is 4.65. The van der Waals surface area contributed by atoms with Crippen molar-refractivity contribution in [1.82, 2.24) is 5.32 Å². The number of carbonyl (C=O) groups is 2. The van der Waals surface area contributed by atoms with Crippen molar-refractivity contribution in [3.05, 3.63) is 71.8 Å². The molecule has 27 heavy (non-hydrogen) atoms. The van der Waals surface area contributed by atoms with Crippen molar-refractivity contribution >= 4 is 29.0 Å². The van der Waals surface area contributed by atoms with Crippen LogP contribution in [0.15, 0.2) is 60.7 Å². The summed E-state index contributed by atoms with van der Waals surface area (Å²) in [5.74, 6) is -1.80. The van der Waals surface area contributed by atoms with Gasteiger partial charge in [-0.2, -0.15) is 0 Å². The Morgan fingerprint density at radius 3 is 1.96 bits per heavy atom. The van der Waals surface area contributed by atoms with Crippen LogP contribution in [-0.4, -0.2) is 29.4 Å². The highest BCUT2D eigenvalue weighted by Crippen LogP contribution is 2.21. The molecular weight excluding hydrogens is 358 g/mol. The lowest BCUT2D eigenvalue weighted by molar-refractivity contribution is -0.147. The monoisotopic (exact) mass is 383 g/mol. The second kappa shape index (κ2) is 9.97. The largest absolute Gasteiger partial charge is 0.465 e. The molecular formula is C22H25NO3S. The summed E-state index contributed by atoms with van der Waals surface area (Å²) in [6.45, 7) is 5.85. The minimum absolute atomic E-state index is 0.0197. The standard InChI is InChI=1S/C22H25NO3S/c1-4-26-22(25)18(20(24)16-11-7-5-8-12-16)19(15(2)3)23-21(27)17-13-9-6-10-14-17/h5-15,18-19H,4H2,1-3H3,(H,23,27). The average Bonchev–Trinajstić information content (AvgIpc) is 2.68. The Hall–Kier alpha value is -2.53. The first-order valence-corrected chi connectivity index (χ1v) is 9.48. The predicted molar refractivity (Wildman–Crippen MR) is 111 cm³/mol. The van der Waals surface area contributed by atoms with E-state index < -0.39 is 17.9 Å². The molecule has 0 heterocycles. The third-order valence-electron chi connectivity index (χ3n) is 4.29. The van der Waals surface area contributed by atoms with Crippen molar-refractivity contribution in [2.45, 2.75) is 26.8 Å². The van der Waals surface area contributed by atoms with Gasteiger partial charge in [-0.25, -0.2) is 0 Å². The van der Waals surface area contributed by atoms with E-state index in [1.807, 2.05) is 50.2 Å². The van der Waals surface area contributed by atoms with Gasteiger partial charge in [0.15, 0.2) is 5.78 Å². The highest BCUT2D eigenvalue weighted by molar-refractivity contribution is 7.80. The molecule has 0 fully saturated rings. The average molecular weight is 384 g/mol. The first kappa shape index (κ1) is 20.8. The number of carbonyl (C=O) groups excluding carboxylic acids is 2. The second-order valence-corrected chi connectivity index (χ2v) is 6.98. The summed E-state index contributed by atoms with van der Waals surface area (Å²) in [4.78, 5) is 26.3. The van der Waals surface area contributed by atoms with E-state index in [-0.39, 0.29) is 18.3 Å². The van der Waals surface area contributed by atoms with Crippen molar-refractivity contribution in [3.8, 4) is 0 Å². The number of ketones is 1. The molecule has 2 atom stereocenters. The molecule has 0 amide bonds. The van der Waals surface area contributed by atoms with E-state index in [1.54, 1.807) is 31.2 Å². The maximum atomic E-state index is 13.1. The Morgan fingerprint density at radius 2 is 1.48 bits per heavy atom. The van der Waals surface area contributed by atoms with Crippen LogP contribution < -0.4 is 5.32 Å². The van der Waals surface area contributed by atoms with Crippen LogP contribution in [0.5, 0.6) is 0 Å². The van der Waals surface area contributed by atoms with Crippen molar-refractivity contribution in [3.63, 3.8) is 0 Å². The SMILES string of the molecule is CCOC(=O)C(C(=O)c1ccccc1)C(NC(=S)c1ccccc1)C(C)C. The van der Waals surface area contributed by atoms with Crippen LogP contribution in [-0.2, 0) is 9.53 Å². The second-order valence-electron chi connectivity index (χ2n) is 6.57. The van der Waals surface area contributed by atoms with Crippen LogP contribution in [0.25, 0.3) is 0 Å². The topological polar surface area (TPSA) is 55.4 Å². The van der Waals surface area contributed by atoms with Gasteiger partial charge in [-0.1, -0.05) is 86.7 Å². The number of nitrogens with one attached hydrogen (secondary N) is 1. The quantitative estimate of drug-likeness (QED) is 0.323. The summed E-state index contributed by atoms with van der Waals surface area (Å²) in [5, 5.41) is 3.23. The van der Waals surface area contributed by atoms with E-state index in [4.69, 9.17) is 17.0 Å². The number of rotatable bonds is 8. The molecule has 0 radical (unpaired) electrons. The molecule has 2 rings (SSSR count). The van der Waals surface area contributed by atoms with Crippen molar-refractivity contribution in [2.24, 2.45) is 11.8 Å². The van der Waals surface area contributed by atoms with Crippen LogP contribution in [0, 0.1) is 11.8 Å². The van der Waals surface area contributed by atoms with Gasteiger partial charge in [-0.05, 0) is 12.8 Å². The van der Waals surface area contributed by atoms with Crippen LogP contribution in [0.1, 0.15) is 36.7 Å². The smallest absolute Gasteiger partial charge is 0.318 e. The number of Topliss-reactive ketones (excluding diaryl/α,β-unsaturated/α-hetero) is 1. The molecule has 0 bridgehead atoms. The lowest BCUT2D eigenvalue weighted by atomic mass is 9.84. The summed E-state index contributed by atoms with van der Waals surface area (Å²) in [6.07, 6.45) is 0. The van der Waals surface area contributed by atoms with E-state index in [0.717, 1.165) is 5.56 Å². The zero-order valence-electron chi connectivity index (χ0n) is 15.8. The van der Waals surface area contributed by atoms with E-state index in [0.29, 0.717) is 10.6 Å². The van der Waals surface area contributed by atoms with Gasteiger partial charge in [0, 0.05) is 17.2 Å². The number of hydrogen-bond acceptors (Lipinski definition) is 4. The number of esters is 1. The third kappa shape index (κ3) is 5.47. The highest BCUT2D eigenvalue weighted by atomic mass is 32.1. The molecule has 142 valence electrons. The molecule has 2 aromatic carbocycles. The highest BCUT2D eigenvalue weighted by Gasteiger charge is 2.38. The maximum Gasteiger partial charge on any atom is 0.318 e. The fourth-order valence-corrected chi connectivity index (χ4v) is 3.16. The molecule has 0 saturated heterocycles. The van der Waals surface area contributed by atoms with Gasteiger partial charge in [0.2, 0.25) is 0 Å². The number of thiocarbonyl (C=S) groups is 1. The summed E-state index contributed by atoms with van der Waals surface area (Å²) >= 11 is 5.52. The Morgan fingerprint density at radius 1 is 0.963 bits per heavy atom. The Labute approximate surface area is 165 Å². The molecule has 1 N–H and O–H groups in total. The molecule has 2 unspecified atom stereocenters. The summed E-state index contributed by atoms with van der Waals surface area (Å²) in [7, 11) is 0. The van der Waals surface area contributed by atoms with Crippen LogP contribution in [0.2, 0.25) is 0 Å². The van der Waals surface area contributed by atoms with Gasteiger partial charge in [0.25, 0.3) is 0 Å². The molecule has 2 aromatic rings. The van der Waals surface area contributed by atoms with Gasteiger partial charge in [0.05, 0.1) is 6.61 Å². The lowest BCUT2D eigenvalue weighted by Crippen LogP contribution is -2.50. The molecule has 0 aliphatic rings. The van der Waals surface area contributed by atoms with E-state index in [1.165, 1.54) is 0 Å². The predicted octanol–water partition coefficient (Wildman–Crippen LogP) is 4.04. The minimum atomic E-state index is -0.978. The van der Waals surface area contributed by atoms with Crippen LogP contribution in [0.3, 0.4) is 0 Å². The molecule has 4 nitrogen and oxygen atoms in total. The first-order valence-electron chi connectivity index (χ1n) is 9.07. The van der Waals surface area contributed by atoms with Gasteiger partial charge in [-0.3, -0.25) is 9.59 Å². The first-order chi connectivity index (χ1) is 13.0. The molecule has 0 aromatic heterocycles. The van der Waals surface area contributed by atoms with E-state index in [2.05, 4.69) is 5.32 Å². The zero-order valence-corrected chi connectivity index (χ0v) is 16.7. The Kier molecular flexibility index (Phi) is 7.67. The Balaban J connectivity index is 2.35. The summed E-state index contributed by atoms with van der Waals surface area (Å²) in [5.41, 5.74) is 1.32. The van der Waals surface area contributed by atoms with Crippen LogP contribution in [0.4, 0.5) is 0 Å². The lowest BCUT2D eigenvalue weighted by Gasteiger charge is -2.30. The minimum Gasteiger partial charge on any atom is -0.465 e. The van der Waals surface area contributed by atoms with Crippen molar-refractivity contribution in [1.29, 1.82) is 0 Å². The van der Waals surface area contributed by atoms with Gasteiger partial charge < -0.3 is 10.1 Å². The molecule has 0 aliphatic carbocycles. The fraction of sp³-hybridized carbons (Fsp3) is 0.318. The number of hydrogen-bond donors (Lipinski definition) is 1. The van der Waals surface area contributed by atoms with Crippen molar-refractivity contribution in [2.75, 3.05) is 6.61 Å². The van der Waals surface area contributed by atoms with Gasteiger partial charge in [0.1, 0.15) is 10.9 Å². The van der Waals surface area contributed by atoms with Crippen molar-refractivity contribution < 1.29 is 14.3 Å². The molecule has 5 heteroatoms. The fourth-order valence-electron chi connectivity index (χ4n) is 2.89. The zero-order chi connectivity index (χ0) is 19.8. The Bertz CT molecular complexity index is 775. The van der Waals surface area contributed by atoms with E-state index in [9.17, 15) is 9.59 Å². The van der Waals surface area contributed by atoms with Gasteiger partial charge >= 0.3 is 5.97 Å². The molecule has 0 aliphatic heterocycles. The number of benzene rings is 2.